The van der Waals surface area contributed by atoms with Crippen LogP contribution in [0, 0.1) is 0 Å². The fourth-order valence-corrected chi connectivity index (χ4v) is 6.92. The molecule has 9 heteroatoms. The molecule has 0 unspecified atom stereocenters. The van der Waals surface area contributed by atoms with Gasteiger partial charge in [0.15, 0.2) is 0 Å². The highest BCUT2D eigenvalue weighted by Crippen LogP contribution is 2.37. The second-order valence-corrected chi connectivity index (χ2v) is 13.6. The van der Waals surface area contributed by atoms with Crippen LogP contribution in [0.1, 0.15) is 22.3 Å². The number of nitrogens with one attached hydrogen (secondary N) is 1. The summed E-state index contributed by atoms with van der Waals surface area (Å²) >= 11 is 3.52. The summed E-state index contributed by atoms with van der Waals surface area (Å²) in [6.07, 6.45) is 0. The first kappa shape index (κ1) is 36.1. The van der Waals surface area contributed by atoms with Crippen LogP contribution >= 0.6 is 15.9 Å². The predicted molar refractivity (Wildman–Crippen MR) is 220 cm³/mol. The number of likely N-dealkylation sites (N-methyl/N-ethyl adjacent to an activating group) is 1. The van der Waals surface area contributed by atoms with Crippen molar-refractivity contribution < 1.29 is 19.1 Å². The molecule has 1 N–H and O–H groups in total. The number of nitrogens with zero attached hydrogens (tertiary/aromatic N) is 3. The Balaban J connectivity index is 0.000000167. The van der Waals surface area contributed by atoms with Crippen molar-refractivity contribution >= 4 is 50.5 Å². The first-order valence-electron chi connectivity index (χ1n) is 17.4. The smallest absolute Gasteiger partial charge is 0.248 e. The highest BCUT2D eigenvalue weighted by atomic mass is 79.9. The van der Waals surface area contributed by atoms with Gasteiger partial charge in [-0.15, -0.1) is 0 Å². The largest absolute Gasteiger partial charge is 0.497 e. The topological polar surface area (TPSA) is 92.6 Å². The molecule has 0 spiro atoms. The van der Waals surface area contributed by atoms with Crippen LogP contribution in [0.3, 0.4) is 0 Å². The number of halogens is 1. The third kappa shape index (κ3) is 7.72. The summed E-state index contributed by atoms with van der Waals surface area (Å²) in [5, 5.41) is 2.94. The third-order valence-corrected chi connectivity index (χ3v) is 9.74. The Morgan fingerprint density at radius 2 is 1.24 bits per heavy atom. The number of hydrogen-bond donors (Lipinski definition) is 1. The SMILES string of the molecule is COc1cc2c(cc1-c1ccccc1)C(c1cccc(Br)c1)=NCC(=O)N2.COc1cccc(C2=NCC(=O)N(C)c3ccc(-c4ccccc4)cc32)c1. The summed E-state index contributed by atoms with van der Waals surface area (Å²) in [4.78, 5) is 35.5. The van der Waals surface area contributed by atoms with Crippen LogP contribution in [-0.2, 0) is 9.59 Å². The molecule has 2 heterocycles. The first-order valence-corrected chi connectivity index (χ1v) is 18.2. The van der Waals surface area contributed by atoms with E-state index in [9.17, 15) is 9.59 Å². The van der Waals surface area contributed by atoms with Gasteiger partial charge in [0.2, 0.25) is 11.8 Å². The number of rotatable bonds is 6. The molecule has 0 bridgehead atoms. The van der Waals surface area contributed by atoms with Gasteiger partial charge >= 0.3 is 0 Å². The zero-order valence-electron chi connectivity index (χ0n) is 30.0. The van der Waals surface area contributed by atoms with Crippen LogP contribution in [0.5, 0.6) is 11.5 Å². The lowest BCUT2D eigenvalue weighted by Gasteiger charge is -2.19. The van der Waals surface area contributed by atoms with Gasteiger partial charge in [0.1, 0.15) is 24.6 Å². The van der Waals surface area contributed by atoms with E-state index in [2.05, 4.69) is 49.4 Å². The van der Waals surface area contributed by atoms with Crippen molar-refractivity contribution in [1.82, 2.24) is 0 Å². The summed E-state index contributed by atoms with van der Waals surface area (Å²) < 4.78 is 11.9. The van der Waals surface area contributed by atoms with Crippen LogP contribution in [0.25, 0.3) is 22.3 Å². The number of carbonyl (C=O) groups excluding carboxylic acids is 2. The van der Waals surface area contributed by atoms with Crippen LogP contribution in [0.4, 0.5) is 11.4 Å². The molecule has 54 heavy (non-hydrogen) atoms. The van der Waals surface area contributed by atoms with Gasteiger partial charge in [0.25, 0.3) is 0 Å². The number of carbonyl (C=O) groups is 2. The zero-order valence-corrected chi connectivity index (χ0v) is 31.6. The van der Waals surface area contributed by atoms with Gasteiger partial charge in [-0.25, -0.2) is 0 Å². The van der Waals surface area contributed by atoms with Crippen LogP contribution in [-0.4, -0.2) is 57.6 Å². The van der Waals surface area contributed by atoms with Gasteiger partial charge in [0.05, 0.1) is 37.0 Å². The minimum atomic E-state index is -0.143. The predicted octanol–water partition coefficient (Wildman–Crippen LogP) is 9.09. The molecule has 0 aromatic heterocycles. The number of benzene rings is 6. The molecular formula is C45H37BrN4O4. The molecule has 0 aliphatic carbocycles. The number of amides is 2. The number of benzodiazepines with no additional fused rings is 2. The molecule has 0 atom stereocenters. The zero-order chi connectivity index (χ0) is 37.6. The Morgan fingerprint density at radius 3 is 1.94 bits per heavy atom. The summed E-state index contributed by atoms with van der Waals surface area (Å²) in [7, 11) is 5.08. The van der Waals surface area contributed by atoms with Gasteiger partial charge in [-0.2, -0.15) is 0 Å². The van der Waals surface area contributed by atoms with Crippen molar-refractivity contribution in [3.05, 3.63) is 166 Å². The molecule has 2 aliphatic rings. The first-order chi connectivity index (χ1) is 26.3. The van der Waals surface area contributed by atoms with E-state index in [0.29, 0.717) is 11.4 Å². The molecule has 8 nitrogen and oxygen atoms in total. The van der Waals surface area contributed by atoms with Crippen molar-refractivity contribution in [2.45, 2.75) is 0 Å². The van der Waals surface area contributed by atoms with Crippen LogP contribution in [0.2, 0.25) is 0 Å². The molecule has 8 rings (SSSR count). The Labute approximate surface area is 323 Å². The Hall–Kier alpha value is -6.32. The van der Waals surface area contributed by atoms with E-state index < -0.39 is 0 Å². The molecular weight excluding hydrogens is 740 g/mol. The lowest BCUT2D eigenvalue weighted by molar-refractivity contribution is -0.117. The highest BCUT2D eigenvalue weighted by molar-refractivity contribution is 9.10. The fraction of sp³-hybridized carbons (Fsp3) is 0.111. The average molecular weight is 778 g/mol. The van der Waals surface area contributed by atoms with E-state index in [0.717, 1.165) is 71.8 Å². The number of fused-ring (bicyclic) bond motifs is 2. The van der Waals surface area contributed by atoms with Crippen LogP contribution in [0.15, 0.2) is 154 Å². The molecule has 2 aliphatic heterocycles. The normalized spacial score (nSPS) is 13.4. The molecule has 0 radical (unpaired) electrons. The van der Waals surface area contributed by atoms with Crippen molar-refractivity contribution in [1.29, 1.82) is 0 Å². The van der Waals surface area contributed by atoms with Crippen molar-refractivity contribution in [3.63, 3.8) is 0 Å². The minimum Gasteiger partial charge on any atom is -0.497 e. The number of ether oxygens (including phenoxy) is 2. The summed E-state index contributed by atoms with van der Waals surface area (Å²) in [5.74, 6) is 1.30. The van der Waals surface area contributed by atoms with Gasteiger partial charge < -0.3 is 19.7 Å². The number of methoxy groups -OCH3 is 2. The Kier molecular flexibility index (Phi) is 10.8. The lowest BCUT2D eigenvalue weighted by atomic mass is 9.95. The Bertz CT molecular complexity index is 2410. The summed E-state index contributed by atoms with van der Waals surface area (Å²) in [6.45, 7) is 0.206. The summed E-state index contributed by atoms with van der Waals surface area (Å²) in [6, 6.07) is 46.0. The van der Waals surface area contributed by atoms with E-state index in [1.807, 2.05) is 121 Å². The second-order valence-electron chi connectivity index (χ2n) is 12.6. The monoisotopic (exact) mass is 776 g/mol. The average Bonchev–Trinajstić information content (AvgIpc) is 3.45. The number of hydrogen-bond acceptors (Lipinski definition) is 6. The van der Waals surface area contributed by atoms with Crippen molar-refractivity contribution in [3.8, 4) is 33.8 Å². The fourth-order valence-electron chi connectivity index (χ4n) is 6.52. The minimum absolute atomic E-state index is 0.0263. The van der Waals surface area contributed by atoms with E-state index in [4.69, 9.17) is 9.47 Å². The van der Waals surface area contributed by atoms with Crippen molar-refractivity contribution in [2.75, 3.05) is 44.6 Å². The van der Waals surface area contributed by atoms with Gasteiger partial charge in [-0.1, -0.05) is 107 Å². The molecule has 0 saturated carbocycles. The molecule has 6 aromatic rings. The highest BCUT2D eigenvalue weighted by Gasteiger charge is 2.24. The molecule has 2 amide bonds. The van der Waals surface area contributed by atoms with E-state index in [-0.39, 0.29) is 24.9 Å². The number of aliphatic imine (C=N–C) groups is 2. The number of anilines is 2. The van der Waals surface area contributed by atoms with Crippen LogP contribution < -0.4 is 19.7 Å². The quantitative estimate of drug-likeness (QED) is 0.183. The lowest BCUT2D eigenvalue weighted by Crippen LogP contribution is -2.27. The standard InChI is InChI=1S/C23H20N2O2.C22H17BrN2O2/c1-25-21-12-11-17(16-7-4-3-5-8-16)14-20(21)23(24-15-22(25)26)18-9-6-10-19(13-18)27-2;1-27-20-12-19-18(11-17(20)14-6-3-2-4-7-14)22(24-13-21(26)25-19)15-8-5-9-16(23)10-15/h3-14H,15H2,1-2H3;2-12H,13H2,1H3,(H,25,26). The van der Waals surface area contributed by atoms with Gasteiger partial charge in [-0.3, -0.25) is 19.6 Å². The maximum absolute atomic E-state index is 12.4. The molecule has 268 valence electrons. The molecule has 0 saturated heterocycles. The summed E-state index contributed by atoms with van der Waals surface area (Å²) in [5.41, 5.74) is 11.1. The molecule has 6 aromatic carbocycles. The molecule has 0 fully saturated rings. The maximum atomic E-state index is 12.4. The van der Waals surface area contributed by atoms with E-state index >= 15 is 0 Å². The van der Waals surface area contributed by atoms with Gasteiger partial charge in [-0.05, 0) is 59.2 Å². The van der Waals surface area contributed by atoms with E-state index in [1.54, 1.807) is 26.2 Å². The van der Waals surface area contributed by atoms with Crippen molar-refractivity contribution in [2.24, 2.45) is 9.98 Å². The Morgan fingerprint density at radius 1 is 0.593 bits per heavy atom. The van der Waals surface area contributed by atoms with Gasteiger partial charge in [0, 0.05) is 45.4 Å². The van der Waals surface area contributed by atoms with E-state index in [1.165, 1.54) is 0 Å². The maximum Gasteiger partial charge on any atom is 0.248 e. The third-order valence-electron chi connectivity index (χ3n) is 9.24. The second kappa shape index (κ2) is 16.1.